The number of benzene rings is 1. The SMILES string of the molecule is Cc1cc(C#N)ccc1S(=O)(=O)NC(C)CN. The summed E-state index contributed by atoms with van der Waals surface area (Å²) in [6.07, 6.45) is 0. The van der Waals surface area contributed by atoms with Gasteiger partial charge in [-0.25, -0.2) is 13.1 Å². The Morgan fingerprint density at radius 2 is 2.18 bits per heavy atom. The highest BCUT2D eigenvalue weighted by Crippen LogP contribution is 2.16. The standard InChI is InChI=1S/C11H15N3O2S/c1-8-5-10(7-13)3-4-11(8)17(15,16)14-9(2)6-12/h3-5,9,14H,6,12H2,1-2H3. The Labute approximate surface area is 101 Å². The number of aryl methyl sites for hydroxylation is 1. The number of nitriles is 1. The number of hydrogen-bond acceptors (Lipinski definition) is 4. The molecule has 0 saturated heterocycles. The lowest BCUT2D eigenvalue weighted by Gasteiger charge is -2.13. The van der Waals surface area contributed by atoms with Crippen LogP contribution in [0.2, 0.25) is 0 Å². The summed E-state index contributed by atoms with van der Waals surface area (Å²) in [4.78, 5) is 0.178. The zero-order valence-electron chi connectivity index (χ0n) is 9.77. The van der Waals surface area contributed by atoms with E-state index in [1.54, 1.807) is 19.9 Å². The van der Waals surface area contributed by atoms with Gasteiger partial charge in [0.05, 0.1) is 16.5 Å². The quantitative estimate of drug-likeness (QED) is 0.816. The van der Waals surface area contributed by atoms with E-state index in [0.29, 0.717) is 11.1 Å². The van der Waals surface area contributed by atoms with Crippen molar-refractivity contribution in [2.24, 2.45) is 5.73 Å². The van der Waals surface area contributed by atoms with Crippen LogP contribution in [0.3, 0.4) is 0 Å². The molecule has 1 atom stereocenters. The van der Waals surface area contributed by atoms with Gasteiger partial charge in [0.25, 0.3) is 0 Å². The van der Waals surface area contributed by atoms with Crippen molar-refractivity contribution in [2.45, 2.75) is 24.8 Å². The molecule has 0 aliphatic rings. The van der Waals surface area contributed by atoms with Crippen LogP contribution in [0.1, 0.15) is 18.1 Å². The molecule has 1 aromatic carbocycles. The summed E-state index contributed by atoms with van der Waals surface area (Å²) in [7, 11) is -3.57. The second kappa shape index (κ2) is 5.27. The Morgan fingerprint density at radius 3 is 2.65 bits per heavy atom. The van der Waals surface area contributed by atoms with Crippen LogP contribution in [0.5, 0.6) is 0 Å². The van der Waals surface area contributed by atoms with Crippen LogP contribution < -0.4 is 10.5 Å². The van der Waals surface area contributed by atoms with Gasteiger partial charge in [0, 0.05) is 12.6 Å². The molecule has 0 bridgehead atoms. The molecule has 0 aliphatic heterocycles. The fraction of sp³-hybridized carbons (Fsp3) is 0.364. The van der Waals surface area contributed by atoms with Crippen molar-refractivity contribution in [3.63, 3.8) is 0 Å². The minimum atomic E-state index is -3.57. The molecule has 1 rings (SSSR count). The number of sulfonamides is 1. The van der Waals surface area contributed by atoms with Gasteiger partial charge in [0.15, 0.2) is 0 Å². The predicted octanol–water partition coefficient (Wildman–Crippen LogP) is 0.492. The van der Waals surface area contributed by atoms with Gasteiger partial charge in [-0.15, -0.1) is 0 Å². The summed E-state index contributed by atoms with van der Waals surface area (Å²) in [5.41, 5.74) is 6.35. The van der Waals surface area contributed by atoms with Gasteiger partial charge in [0.2, 0.25) is 10.0 Å². The number of rotatable bonds is 4. The Morgan fingerprint density at radius 1 is 1.53 bits per heavy atom. The van der Waals surface area contributed by atoms with Crippen molar-refractivity contribution >= 4 is 10.0 Å². The summed E-state index contributed by atoms with van der Waals surface area (Å²) in [6, 6.07) is 6.09. The van der Waals surface area contributed by atoms with Gasteiger partial charge in [0.1, 0.15) is 0 Å². The van der Waals surface area contributed by atoms with Crippen LogP contribution in [0.4, 0.5) is 0 Å². The zero-order chi connectivity index (χ0) is 13.1. The predicted molar refractivity (Wildman–Crippen MR) is 64.7 cm³/mol. The third-order valence-corrected chi connectivity index (χ3v) is 4.05. The lowest BCUT2D eigenvalue weighted by atomic mass is 10.2. The van der Waals surface area contributed by atoms with Crippen molar-refractivity contribution in [1.82, 2.24) is 4.72 Å². The fourth-order valence-corrected chi connectivity index (χ4v) is 2.88. The van der Waals surface area contributed by atoms with Crippen molar-refractivity contribution in [2.75, 3.05) is 6.54 Å². The maximum Gasteiger partial charge on any atom is 0.241 e. The molecule has 0 aliphatic carbocycles. The zero-order valence-corrected chi connectivity index (χ0v) is 10.6. The molecular weight excluding hydrogens is 238 g/mol. The first kappa shape index (κ1) is 13.6. The third-order valence-electron chi connectivity index (χ3n) is 2.30. The molecule has 0 spiro atoms. The lowest BCUT2D eigenvalue weighted by Crippen LogP contribution is -2.38. The minimum absolute atomic E-state index is 0.178. The molecule has 3 N–H and O–H groups in total. The summed E-state index contributed by atoms with van der Waals surface area (Å²) in [5.74, 6) is 0. The Hall–Kier alpha value is -1.42. The van der Waals surface area contributed by atoms with Crippen LogP contribution >= 0.6 is 0 Å². The first-order valence-corrected chi connectivity index (χ1v) is 6.62. The van der Waals surface area contributed by atoms with E-state index in [-0.39, 0.29) is 17.5 Å². The van der Waals surface area contributed by atoms with E-state index in [0.717, 1.165) is 0 Å². The van der Waals surface area contributed by atoms with Crippen LogP contribution in [0.25, 0.3) is 0 Å². The van der Waals surface area contributed by atoms with Gasteiger partial charge < -0.3 is 5.73 Å². The molecule has 0 aromatic heterocycles. The Kier molecular flexibility index (Phi) is 4.23. The molecule has 1 aromatic rings. The average Bonchev–Trinajstić information content (AvgIpc) is 2.27. The van der Waals surface area contributed by atoms with Crippen LogP contribution in [-0.2, 0) is 10.0 Å². The van der Waals surface area contributed by atoms with Crippen molar-refractivity contribution in [3.8, 4) is 6.07 Å². The number of nitrogens with one attached hydrogen (secondary N) is 1. The van der Waals surface area contributed by atoms with E-state index in [2.05, 4.69) is 4.72 Å². The molecule has 5 nitrogen and oxygen atoms in total. The van der Waals surface area contributed by atoms with Gasteiger partial charge in [-0.3, -0.25) is 0 Å². The second-order valence-electron chi connectivity index (χ2n) is 3.85. The molecule has 6 heteroatoms. The van der Waals surface area contributed by atoms with Gasteiger partial charge in [-0.2, -0.15) is 5.26 Å². The van der Waals surface area contributed by atoms with Crippen molar-refractivity contribution < 1.29 is 8.42 Å². The monoisotopic (exact) mass is 253 g/mol. The maximum atomic E-state index is 12.0. The third kappa shape index (κ3) is 3.27. The largest absolute Gasteiger partial charge is 0.329 e. The van der Waals surface area contributed by atoms with E-state index in [1.165, 1.54) is 12.1 Å². The molecule has 0 amide bonds. The minimum Gasteiger partial charge on any atom is -0.329 e. The lowest BCUT2D eigenvalue weighted by molar-refractivity contribution is 0.562. The maximum absolute atomic E-state index is 12.0. The van der Waals surface area contributed by atoms with E-state index < -0.39 is 10.0 Å². The number of nitrogens with two attached hydrogens (primary N) is 1. The topological polar surface area (TPSA) is 96.0 Å². The highest BCUT2D eigenvalue weighted by Gasteiger charge is 2.18. The molecule has 17 heavy (non-hydrogen) atoms. The molecule has 0 radical (unpaired) electrons. The van der Waals surface area contributed by atoms with Crippen LogP contribution in [0.15, 0.2) is 23.1 Å². The van der Waals surface area contributed by atoms with E-state index in [9.17, 15) is 8.42 Å². The Balaban J connectivity index is 3.13. The molecular formula is C11H15N3O2S. The average molecular weight is 253 g/mol. The highest BCUT2D eigenvalue weighted by molar-refractivity contribution is 7.89. The van der Waals surface area contributed by atoms with Crippen LogP contribution in [0, 0.1) is 18.3 Å². The Bertz CT molecular complexity index is 546. The molecule has 92 valence electrons. The van der Waals surface area contributed by atoms with Crippen molar-refractivity contribution in [3.05, 3.63) is 29.3 Å². The molecule has 1 unspecified atom stereocenters. The van der Waals surface area contributed by atoms with Crippen molar-refractivity contribution in [1.29, 1.82) is 5.26 Å². The fourth-order valence-electron chi connectivity index (χ4n) is 1.40. The normalized spacial score (nSPS) is 13.1. The summed E-state index contributed by atoms with van der Waals surface area (Å²) < 4.78 is 26.4. The number of nitrogens with zero attached hydrogens (tertiary/aromatic N) is 1. The second-order valence-corrected chi connectivity index (χ2v) is 5.53. The highest BCUT2D eigenvalue weighted by atomic mass is 32.2. The van der Waals surface area contributed by atoms with E-state index in [4.69, 9.17) is 11.0 Å². The molecule has 0 fully saturated rings. The first-order chi connectivity index (χ1) is 7.90. The van der Waals surface area contributed by atoms with E-state index in [1.807, 2.05) is 6.07 Å². The van der Waals surface area contributed by atoms with Crippen LogP contribution in [-0.4, -0.2) is 21.0 Å². The van der Waals surface area contributed by atoms with E-state index >= 15 is 0 Å². The molecule has 0 saturated carbocycles. The smallest absolute Gasteiger partial charge is 0.241 e. The van der Waals surface area contributed by atoms with Gasteiger partial charge in [-0.1, -0.05) is 0 Å². The summed E-state index contributed by atoms with van der Waals surface area (Å²) >= 11 is 0. The molecule has 0 heterocycles. The van der Waals surface area contributed by atoms with Gasteiger partial charge in [-0.05, 0) is 37.6 Å². The van der Waals surface area contributed by atoms with Gasteiger partial charge >= 0.3 is 0 Å². The number of hydrogen-bond donors (Lipinski definition) is 2. The summed E-state index contributed by atoms with van der Waals surface area (Å²) in [6.45, 7) is 3.58. The first-order valence-electron chi connectivity index (χ1n) is 5.14. The summed E-state index contributed by atoms with van der Waals surface area (Å²) in [5, 5.41) is 8.71.